The largest absolute Gasteiger partial charge is 0.454 e. The highest BCUT2D eigenvalue weighted by atomic mass is 16.7. The molecule has 0 saturated heterocycles. The van der Waals surface area contributed by atoms with Gasteiger partial charge in [-0.05, 0) is 61.2 Å². The Morgan fingerprint density at radius 1 is 0.848 bits per heavy atom. The zero-order valence-corrected chi connectivity index (χ0v) is 18.8. The second-order valence-corrected chi connectivity index (χ2v) is 8.39. The predicted molar refractivity (Wildman–Crippen MR) is 126 cm³/mol. The fourth-order valence-electron chi connectivity index (χ4n) is 4.25. The molecule has 3 aromatic rings. The number of nitrogens with zero attached hydrogens (tertiary/aromatic N) is 1. The predicted octanol–water partition coefficient (Wildman–Crippen LogP) is 4.73. The van der Waals surface area contributed by atoms with Gasteiger partial charge in [-0.3, -0.25) is 14.5 Å². The number of amides is 2. The Bertz CT molecular complexity index is 1330. The lowest BCUT2D eigenvalue weighted by atomic mass is 9.97. The minimum absolute atomic E-state index is 0.141. The van der Waals surface area contributed by atoms with Gasteiger partial charge in [0.1, 0.15) is 5.70 Å². The van der Waals surface area contributed by atoms with E-state index in [1.54, 1.807) is 6.07 Å². The molecule has 0 spiro atoms. The van der Waals surface area contributed by atoms with Gasteiger partial charge in [-0.25, -0.2) is 0 Å². The van der Waals surface area contributed by atoms with E-state index < -0.39 is 0 Å². The van der Waals surface area contributed by atoms with Gasteiger partial charge in [-0.15, -0.1) is 0 Å². The number of fused-ring (bicyclic) bond motifs is 1. The van der Waals surface area contributed by atoms with E-state index in [1.807, 2.05) is 75.4 Å². The summed E-state index contributed by atoms with van der Waals surface area (Å²) in [6, 6.07) is 19.1. The molecule has 0 atom stereocenters. The van der Waals surface area contributed by atoms with Crippen molar-refractivity contribution in [2.75, 3.05) is 12.1 Å². The minimum Gasteiger partial charge on any atom is -0.454 e. The molecular formula is C27H24N2O4. The molecule has 3 aromatic carbocycles. The van der Waals surface area contributed by atoms with Crippen LogP contribution in [0.4, 0.5) is 5.69 Å². The van der Waals surface area contributed by atoms with Crippen molar-refractivity contribution in [1.82, 2.24) is 4.90 Å². The molecule has 33 heavy (non-hydrogen) atoms. The van der Waals surface area contributed by atoms with Gasteiger partial charge in [0.05, 0.1) is 12.1 Å². The minimum atomic E-state index is -0.351. The first-order chi connectivity index (χ1) is 15.9. The second-order valence-electron chi connectivity index (χ2n) is 8.39. The van der Waals surface area contributed by atoms with Crippen LogP contribution in [-0.4, -0.2) is 23.5 Å². The highest BCUT2D eigenvalue weighted by Crippen LogP contribution is 2.36. The third-order valence-electron chi connectivity index (χ3n) is 6.00. The van der Waals surface area contributed by atoms with Crippen LogP contribution in [0.15, 0.2) is 66.4 Å². The molecule has 6 nitrogen and oxygen atoms in total. The normalized spacial score (nSPS) is 14.9. The van der Waals surface area contributed by atoms with Crippen molar-refractivity contribution >= 4 is 23.1 Å². The Kier molecular flexibility index (Phi) is 5.13. The molecule has 1 N–H and O–H groups in total. The number of hydrogen-bond donors (Lipinski definition) is 1. The first-order valence-corrected chi connectivity index (χ1v) is 10.8. The summed E-state index contributed by atoms with van der Waals surface area (Å²) in [5.41, 5.74) is 6.05. The molecule has 6 heteroatoms. The molecular weight excluding hydrogens is 416 g/mol. The van der Waals surface area contributed by atoms with E-state index in [0.29, 0.717) is 22.8 Å². The SMILES string of the molecule is Cc1ccc(C2=C(Nc3ccccc3C)C(=O)N(Cc3ccc4c(c3)OCO4)C2=O)c(C)c1. The summed E-state index contributed by atoms with van der Waals surface area (Å²) in [7, 11) is 0. The molecule has 0 saturated carbocycles. The summed E-state index contributed by atoms with van der Waals surface area (Å²) in [6.07, 6.45) is 0. The molecule has 0 aliphatic carbocycles. The summed E-state index contributed by atoms with van der Waals surface area (Å²) in [6.45, 7) is 6.24. The molecule has 0 unspecified atom stereocenters. The van der Waals surface area contributed by atoms with Crippen LogP contribution in [0, 0.1) is 20.8 Å². The molecule has 2 aliphatic rings. The van der Waals surface area contributed by atoms with E-state index in [4.69, 9.17) is 9.47 Å². The standard InChI is InChI=1S/C27H24N2O4/c1-16-8-10-20(18(3)12-16)24-25(28-21-7-5-4-6-17(21)2)27(31)29(26(24)30)14-19-9-11-22-23(13-19)33-15-32-22/h4-13,28H,14-15H2,1-3H3. The van der Waals surface area contributed by atoms with Crippen LogP contribution in [0.2, 0.25) is 0 Å². The van der Waals surface area contributed by atoms with Crippen molar-refractivity contribution in [1.29, 1.82) is 0 Å². The van der Waals surface area contributed by atoms with Crippen molar-refractivity contribution in [2.45, 2.75) is 27.3 Å². The molecule has 166 valence electrons. The van der Waals surface area contributed by atoms with E-state index in [9.17, 15) is 9.59 Å². The van der Waals surface area contributed by atoms with Gasteiger partial charge in [0, 0.05) is 5.69 Å². The van der Waals surface area contributed by atoms with Gasteiger partial charge in [-0.2, -0.15) is 0 Å². The summed E-state index contributed by atoms with van der Waals surface area (Å²) in [5, 5.41) is 3.26. The van der Waals surface area contributed by atoms with E-state index in [2.05, 4.69) is 5.32 Å². The smallest absolute Gasteiger partial charge is 0.278 e. The lowest BCUT2D eigenvalue weighted by Gasteiger charge is -2.16. The number of imide groups is 1. The maximum atomic E-state index is 13.6. The molecule has 0 aromatic heterocycles. The highest BCUT2D eigenvalue weighted by molar-refractivity contribution is 6.36. The number of carbonyl (C=O) groups excluding carboxylic acids is 2. The Morgan fingerprint density at radius 2 is 1.64 bits per heavy atom. The molecule has 0 fully saturated rings. The van der Waals surface area contributed by atoms with Gasteiger partial charge >= 0.3 is 0 Å². The monoisotopic (exact) mass is 440 g/mol. The van der Waals surface area contributed by atoms with E-state index in [-0.39, 0.29) is 25.2 Å². The Labute approximate surface area is 192 Å². The van der Waals surface area contributed by atoms with Crippen LogP contribution < -0.4 is 14.8 Å². The molecule has 2 heterocycles. The van der Waals surface area contributed by atoms with Crippen LogP contribution in [0.1, 0.15) is 27.8 Å². The third-order valence-corrected chi connectivity index (χ3v) is 6.00. The number of benzene rings is 3. The molecule has 2 amide bonds. The third kappa shape index (κ3) is 3.74. The van der Waals surface area contributed by atoms with Crippen LogP contribution >= 0.6 is 0 Å². The van der Waals surface area contributed by atoms with Crippen molar-refractivity contribution in [3.05, 3.63) is 94.2 Å². The van der Waals surface area contributed by atoms with Gasteiger partial charge in [0.25, 0.3) is 11.8 Å². The number of carbonyl (C=O) groups is 2. The van der Waals surface area contributed by atoms with Gasteiger partial charge in [0.2, 0.25) is 6.79 Å². The number of anilines is 1. The Morgan fingerprint density at radius 3 is 2.42 bits per heavy atom. The lowest BCUT2D eigenvalue weighted by Crippen LogP contribution is -2.32. The fraction of sp³-hybridized carbons (Fsp3) is 0.185. The summed E-state index contributed by atoms with van der Waals surface area (Å²) in [5.74, 6) is 0.609. The van der Waals surface area contributed by atoms with Crippen LogP contribution in [0.3, 0.4) is 0 Å². The van der Waals surface area contributed by atoms with Gasteiger partial charge in [-0.1, -0.05) is 48.0 Å². The first kappa shape index (κ1) is 20.8. The van der Waals surface area contributed by atoms with Crippen molar-refractivity contribution < 1.29 is 19.1 Å². The molecule has 0 radical (unpaired) electrons. The number of ether oxygens (including phenoxy) is 2. The summed E-state index contributed by atoms with van der Waals surface area (Å²) >= 11 is 0. The topological polar surface area (TPSA) is 67.9 Å². The molecule has 5 rings (SSSR count). The number of rotatable bonds is 5. The zero-order chi connectivity index (χ0) is 23.1. The number of para-hydroxylation sites is 1. The second kappa shape index (κ2) is 8.13. The maximum absolute atomic E-state index is 13.6. The average Bonchev–Trinajstić information content (AvgIpc) is 3.34. The number of nitrogens with one attached hydrogen (secondary N) is 1. The average molecular weight is 440 g/mol. The fourth-order valence-corrected chi connectivity index (χ4v) is 4.25. The van der Waals surface area contributed by atoms with Gasteiger partial charge < -0.3 is 14.8 Å². The molecule has 2 aliphatic heterocycles. The maximum Gasteiger partial charge on any atom is 0.278 e. The Balaban J connectivity index is 1.55. The van der Waals surface area contributed by atoms with Gasteiger partial charge in [0.15, 0.2) is 11.5 Å². The first-order valence-electron chi connectivity index (χ1n) is 10.8. The lowest BCUT2D eigenvalue weighted by molar-refractivity contribution is -0.137. The van der Waals surface area contributed by atoms with E-state index in [0.717, 1.165) is 33.5 Å². The molecule has 0 bridgehead atoms. The number of hydrogen-bond acceptors (Lipinski definition) is 5. The van der Waals surface area contributed by atoms with Crippen LogP contribution in [-0.2, 0) is 16.1 Å². The van der Waals surface area contributed by atoms with Crippen molar-refractivity contribution in [3.8, 4) is 11.5 Å². The number of aryl methyl sites for hydroxylation is 3. The van der Waals surface area contributed by atoms with E-state index in [1.165, 1.54) is 4.90 Å². The summed E-state index contributed by atoms with van der Waals surface area (Å²) < 4.78 is 10.8. The quantitative estimate of drug-likeness (QED) is 0.581. The highest BCUT2D eigenvalue weighted by Gasteiger charge is 2.40. The van der Waals surface area contributed by atoms with Crippen molar-refractivity contribution in [2.24, 2.45) is 0 Å². The zero-order valence-electron chi connectivity index (χ0n) is 18.8. The van der Waals surface area contributed by atoms with Crippen molar-refractivity contribution in [3.63, 3.8) is 0 Å². The van der Waals surface area contributed by atoms with E-state index >= 15 is 0 Å². The Hall–Kier alpha value is -4.06. The van der Waals surface area contributed by atoms with Crippen LogP contribution in [0.5, 0.6) is 11.5 Å². The summed E-state index contributed by atoms with van der Waals surface area (Å²) in [4.78, 5) is 28.5. The van der Waals surface area contributed by atoms with Crippen LogP contribution in [0.25, 0.3) is 5.57 Å².